The summed E-state index contributed by atoms with van der Waals surface area (Å²) in [5, 5.41) is 6.34. The first kappa shape index (κ1) is 15.8. The van der Waals surface area contributed by atoms with Crippen LogP contribution in [0.25, 0.3) is 0 Å². The molecule has 1 aromatic heterocycles. The third kappa shape index (κ3) is 6.12. The maximum atomic E-state index is 11.9. The second-order valence-electron chi connectivity index (χ2n) is 6.54. The minimum atomic E-state index is -0.459. The molecule has 116 valence electrons. The predicted octanol–water partition coefficient (Wildman–Crippen LogP) is 2.47. The van der Waals surface area contributed by atoms with Crippen molar-refractivity contribution < 1.29 is 9.53 Å². The number of rotatable bonds is 6. The molecule has 5 nitrogen and oxygen atoms in total. The Morgan fingerprint density at radius 2 is 2.19 bits per heavy atom. The zero-order valence-electron chi connectivity index (χ0n) is 13.1. The molecule has 1 heterocycles. The fraction of sp³-hybridized carbons (Fsp3) is 0.625. The second-order valence-corrected chi connectivity index (χ2v) is 6.54. The van der Waals surface area contributed by atoms with Crippen molar-refractivity contribution in [1.29, 1.82) is 0 Å². The Hall–Kier alpha value is -1.62. The van der Waals surface area contributed by atoms with E-state index in [1.807, 2.05) is 39.0 Å². The van der Waals surface area contributed by atoms with Crippen molar-refractivity contribution in [3.8, 4) is 0 Å². The molecule has 0 aromatic carbocycles. The number of amides is 1. The zero-order chi connectivity index (χ0) is 15.3. The van der Waals surface area contributed by atoms with Gasteiger partial charge in [0.1, 0.15) is 5.60 Å². The van der Waals surface area contributed by atoms with E-state index in [0.717, 1.165) is 12.2 Å². The van der Waals surface area contributed by atoms with E-state index in [0.29, 0.717) is 12.5 Å². The zero-order valence-corrected chi connectivity index (χ0v) is 13.1. The standard InChI is InChI=1S/C16H25N3O2/c1-16(2,3)21-15(20)19-14(12-7-8-12)11-17-10-13-6-4-5-9-18-13/h4-6,9,12,14,17H,7-8,10-11H2,1-3H3,(H,19,20). The average molecular weight is 291 g/mol. The van der Waals surface area contributed by atoms with Crippen molar-refractivity contribution in [1.82, 2.24) is 15.6 Å². The van der Waals surface area contributed by atoms with E-state index in [4.69, 9.17) is 4.74 Å². The topological polar surface area (TPSA) is 63.2 Å². The van der Waals surface area contributed by atoms with Gasteiger partial charge in [-0.3, -0.25) is 4.98 Å². The highest BCUT2D eigenvalue weighted by Gasteiger charge is 2.33. The first-order chi connectivity index (χ1) is 9.94. The molecule has 1 aliphatic rings. The summed E-state index contributed by atoms with van der Waals surface area (Å²) in [7, 11) is 0. The van der Waals surface area contributed by atoms with Crippen molar-refractivity contribution in [3.63, 3.8) is 0 Å². The van der Waals surface area contributed by atoms with Gasteiger partial charge < -0.3 is 15.4 Å². The molecule has 0 bridgehead atoms. The first-order valence-corrected chi connectivity index (χ1v) is 7.54. The van der Waals surface area contributed by atoms with Crippen molar-refractivity contribution in [3.05, 3.63) is 30.1 Å². The number of nitrogens with one attached hydrogen (secondary N) is 2. The van der Waals surface area contributed by atoms with Crippen molar-refractivity contribution in [2.75, 3.05) is 6.54 Å². The quantitative estimate of drug-likeness (QED) is 0.845. The van der Waals surface area contributed by atoms with Crippen molar-refractivity contribution >= 4 is 6.09 Å². The molecule has 5 heteroatoms. The van der Waals surface area contributed by atoms with Crippen LogP contribution in [0, 0.1) is 5.92 Å². The van der Waals surface area contributed by atoms with Gasteiger partial charge in [0.25, 0.3) is 0 Å². The highest BCUT2D eigenvalue weighted by Crippen LogP contribution is 2.32. The molecule has 0 spiro atoms. The minimum Gasteiger partial charge on any atom is -0.444 e. The Morgan fingerprint density at radius 3 is 2.76 bits per heavy atom. The molecule has 1 unspecified atom stereocenters. The lowest BCUT2D eigenvalue weighted by molar-refractivity contribution is 0.0497. The van der Waals surface area contributed by atoms with Gasteiger partial charge in [0, 0.05) is 25.3 Å². The van der Waals surface area contributed by atoms with E-state index < -0.39 is 5.60 Å². The second kappa shape index (κ2) is 6.89. The minimum absolute atomic E-state index is 0.128. The summed E-state index contributed by atoms with van der Waals surface area (Å²) in [5.41, 5.74) is 0.545. The van der Waals surface area contributed by atoms with E-state index in [2.05, 4.69) is 15.6 Å². The van der Waals surface area contributed by atoms with Crippen LogP contribution in [0.5, 0.6) is 0 Å². The number of nitrogens with zero attached hydrogens (tertiary/aromatic N) is 1. The Kier molecular flexibility index (Phi) is 5.17. The van der Waals surface area contributed by atoms with E-state index in [-0.39, 0.29) is 12.1 Å². The Morgan fingerprint density at radius 1 is 1.43 bits per heavy atom. The number of ether oxygens (including phenoxy) is 1. The normalized spacial score (nSPS) is 16.3. The summed E-state index contributed by atoms with van der Waals surface area (Å²) in [6, 6.07) is 5.99. The van der Waals surface area contributed by atoms with Crippen LogP contribution in [-0.2, 0) is 11.3 Å². The number of hydrogen-bond acceptors (Lipinski definition) is 4. The summed E-state index contributed by atoms with van der Waals surface area (Å²) in [6.07, 6.45) is 3.80. The summed E-state index contributed by atoms with van der Waals surface area (Å²) in [6.45, 7) is 7.06. The lowest BCUT2D eigenvalue weighted by atomic mass is 10.2. The predicted molar refractivity (Wildman–Crippen MR) is 81.8 cm³/mol. The molecule has 0 saturated heterocycles. The lowest BCUT2D eigenvalue weighted by Crippen LogP contribution is -2.45. The van der Waals surface area contributed by atoms with Crippen molar-refractivity contribution in [2.45, 2.75) is 51.8 Å². The van der Waals surface area contributed by atoms with Gasteiger partial charge in [-0.15, -0.1) is 0 Å². The number of carbonyl (C=O) groups is 1. The van der Waals surface area contributed by atoms with Crippen LogP contribution >= 0.6 is 0 Å². The van der Waals surface area contributed by atoms with Crippen molar-refractivity contribution in [2.24, 2.45) is 5.92 Å². The number of aromatic nitrogens is 1. The van der Waals surface area contributed by atoms with Gasteiger partial charge in [0.05, 0.1) is 5.69 Å². The Labute approximate surface area is 126 Å². The molecule has 1 aromatic rings. The maximum absolute atomic E-state index is 11.9. The highest BCUT2D eigenvalue weighted by atomic mass is 16.6. The van der Waals surface area contributed by atoms with Crippen LogP contribution in [0.4, 0.5) is 4.79 Å². The lowest BCUT2D eigenvalue weighted by Gasteiger charge is -2.23. The van der Waals surface area contributed by atoms with Gasteiger partial charge in [-0.25, -0.2) is 4.79 Å². The van der Waals surface area contributed by atoms with E-state index in [1.165, 1.54) is 12.8 Å². The van der Waals surface area contributed by atoms with Gasteiger partial charge in [0.2, 0.25) is 0 Å². The molecular weight excluding hydrogens is 266 g/mol. The van der Waals surface area contributed by atoms with Gasteiger partial charge in [-0.05, 0) is 51.7 Å². The summed E-state index contributed by atoms with van der Waals surface area (Å²) >= 11 is 0. The summed E-state index contributed by atoms with van der Waals surface area (Å²) in [5.74, 6) is 0.564. The van der Waals surface area contributed by atoms with Gasteiger partial charge in [0.15, 0.2) is 0 Å². The van der Waals surface area contributed by atoms with Crippen LogP contribution in [0.15, 0.2) is 24.4 Å². The summed E-state index contributed by atoms with van der Waals surface area (Å²) < 4.78 is 5.32. The first-order valence-electron chi connectivity index (χ1n) is 7.54. The Bertz CT molecular complexity index is 452. The SMILES string of the molecule is CC(C)(C)OC(=O)NC(CNCc1ccccn1)C1CC1. The Balaban J connectivity index is 1.76. The monoisotopic (exact) mass is 291 g/mol. The van der Waals surface area contributed by atoms with Gasteiger partial charge in [-0.2, -0.15) is 0 Å². The molecule has 2 N–H and O–H groups in total. The number of alkyl carbamates (subject to hydrolysis) is 1. The molecule has 1 amide bonds. The molecule has 1 saturated carbocycles. The number of hydrogen-bond donors (Lipinski definition) is 2. The van der Waals surface area contributed by atoms with Crippen LogP contribution in [0.1, 0.15) is 39.3 Å². The van der Waals surface area contributed by atoms with Crippen LogP contribution in [0.2, 0.25) is 0 Å². The molecule has 0 radical (unpaired) electrons. The van der Waals surface area contributed by atoms with Gasteiger partial charge in [-0.1, -0.05) is 6.07 Å². The maximum Gasteiger partial charge on any atom is 0.407 e. The fourth-order valence-corrected chi connectivity index (χ4v) is 2.15. The van der Waals surface area contributed by atoms with Crippen LogP contribution in [0.3, 0.4) is 0 Å². The highest BCUT2D eigenvalue weighted by molar-refractivity contribution is 5.68. The van der Waals surface area contributed by atoms with E-state index in [1.54, 1.807) is 6.20 Å². The van der Waals surface area contributed by atoms with Gasteiger partial charge >= 0.3 is 6.09 Å². The number of pyridine rings is 1. The number of carbonyl (C=O) groups excluding carboxylic acids is 1. The molecule has 1 fully saturated rings. The molecule has 21 heavy (non-hydrogen) atoms. The summed E-state index contributed by atoms with van der Waals surface area (Å²) in [4.78, 5) is 16.1. The largest absolute Gasteiger partial charge is 0.444 e. The third-order valence-corrected chi connectivity index (χ3v) is 3.29. The third-order valence-electron chi connectivity index (χ3n) is 3.29. The molecule has 1 atom stereocenters. The fourth-order valence-electron chi connectivity index (χ4n) is 2.15. The van der Waals surface area contributed by atoms with E-state index in [9.17, 15) is 4.79 Å². The van der Waals surface area contributed by atoms with E-state index >= 15 is 0 Å². The average Bonchev–Trinajstić information content (AvgIpc) is 3.21. The van der Waals surface area contributed by atoms with Crippen LogP contribution < -0.4 is 10.6 Å². The van der Waals surface area contributed by atoms with Crippen LogP contribution in [-0.4, -0.2) is 29.3 Å². The smallest absolute Gasteiger partial charge is 0.407 e. The molecule has 1 aliphatic carbocycles. The molecule has 0 aliphatic heterocycles. The molecular formula is C16H25N3O2. The molecule has 2 rings (SSSR count).